The van der Waals surface area contributed by atoms with Crippen molar-refractivity contribution >= 4 is 11.3 Å². The highest BCUT2D eigenvalue weighted by molar-refractivity contribution is 7.10. The van der Waals surface area contributed by atoms with E-state index in [1.165, 1.54) is 24.8 Å². The van der Waals surface area contributed by atoms with Crippen LogP contribution in [0.1, 0.15) is 35.4 Å². The van der Waals surface area contributed by atoms with Crippen LogP contribution in [-0.2, 0) is 12.8 Å². The quantitative estimate of drug-likeness (QED) is 0.682. The van der Waals surface area contributed by atoms with Gasteiger partial charge in [0.15, 0.2) is 0 Å². The molecule has 0 spiro atoms. The molecule has 1 aliphatic carbocycles. The molecule has 60 valence electrons. The Morgan fingerprint density at radius 1 is 1.55 bits per heavy atom. The summed E-state index contributed by atoms with van der Waals surface area (Å²) < 4.78 is 0. The molecular formula is C9H13NS. The highest BCUT2D eigenvalue weighted by atomic mass is 32.1. The summed E-state index contributed by atoms with van der Waals surface area (Å²) in [5, 5.41) is 2.23. The van der Waals surface area contributed by atoms with Crippen LogP contribution < -0.4 is 5.73 Å². The number of aryl methyl sites for hydroxylation is 1. The van der Waals surface area contributed by atoms with Gasteiger partial charge in [0.2, 0.25) is 0 Å². The van der Waals surface area contributed by atoms with Crippen molar-refractivity contribution in [3.63, 3.8) is 0 Å². The summed E-state index contributed by atoms with van der Waals surface area (Å²) in [6.45, 7) is 2.07. The lowest BCUT2D eigenvalue weighted by molar-refractivity contribution is 0.802. The van der Waals surface area contributed by atoms with Crippen molar-refractivity contribution in [3.8, 4) is 0 Å². The molecule has 0 saturated carbocycles. The third kappa shape index (κ3) is 1.10. The topological polar surface area (TPSA) is 26.0 Å². The minimum Gasteiger partial charge on any atom is -0.324 e. The van der Waals surface area contributed by atoms with Crippen LogP contribution in [0.5, 0.6) is 0 Å². The van der Waals surface area contributed by atoms with Crippen LogP contribution in [0.2, 0.25) is 0 Å². The molecule has 1 atom stereocenters. The second-order valence-electron chi connectivity index (χ2n) is 3.24. The third-order valence-electron chi connectivity index (χ3n) is 2.33. The van der Waals surface area contributed by atoms with Crippen LogP contribution in [0.15, 0.2) is 5.38 Å². The Kier molecular flexibility index (Phi) is 1.74. The zero-order valence-corrected chi connectivity index (χ0v) is 7.58. The Morgan fingerprint density at radius 2 is 2.36 bits per heavy atom. The van der Waals surface area contributed by atoms with Crippen LogP contribution in [0.4, 0.5) is 0 Å². The monoisotopic (exact) mass is 167 g/mol. The molecule has 0 bridgehead atoms. The van der Waals surface area contributed by atoms with E-state index in [4.69, 9.17) is 5.73 Å². The number of hydrogen-bond acceptors (Lipinski definition) is 2. The Morgan fingerprint density at radius 3 is 3.09 bits per heavy atom. The van der Waals surface area contributed by atoms with Crippen molar-refractivity contribution in [3.05, 3.63) is 21.4 Å². The van der Waals surface area contributed by atoms with Crippen molar-refractivity contribution in [2.45, 2.75) is 32.2 Å². The SMILES string of the molecule is CC(N)c1csc2c1CCC2. The average Bonchev–Trinajstić information content (AvgIpc) is 2.41. The summed E-state index contributed by atoms with van der Waals surface area (Å²) in [6.07, 6.45) is 3.88. The summed E-state index contributed by atoms with van der Waals surface area (Å²) in [5.74, 6) is 0. The smallest absolute Gasteiger partial charge is 0.0277 e. The molecule has 1 aromatic rings. The lowest BCUT2D eigenvalue weighted by atomic mass is 10.1. The molecule has 1 aliphatic rings. The van der Waals surface area contributed by atoms with Crippen molar-refractivity contribution in [2.24, 2.45) is 5.73 Å². The minimum absolute atomic E-state index is 0.230. The second-order valence-corrected chi connectivity index (χ2v) is 4.20. The number of nitrogens with two attached hydrogens (primary N) is 1. The molecular weight excluding hydrogens is 154 g/mol. The van der Waals surface area contributed by atoms with Crippen LogP contribution in [0.3, 0.4) is 0 Å². The van der Waals surface area contributed by atoms with E-state index in [1.807, 2.05) is 11.3 Å². The average molecular weight is 167 g/mol. The van der Waals surface area contributed by atoms with Crippen LogP contribution in [0.25, 0.3) is 0 Å². The highest BCUT2D eigenvalue weighted by Gasteiger charge is 2.18. The molecule has 0 fully saturated rings. The van der Waals surface area contributed by atoms with Gasteiger partial charge in [-0.15, -0.1) is 11.3 Å². The van der Waals surface area contributed by atoms with E-state index in [9.17, 15) is 0 Å². The van der Waals surface area contributed by atoms with Gasteiger partial charge in [-0.05, 0) is 42.7 Å². The molecule has 1 unspecified atom stereocenters. The number of thiophene rings is 1. The lowest BCUT2D eigenvalue weighted by Crippen LogP contribution is -2.05. The van der Waals surface area contributed by atoms with Crippen molar-refractivity contribution in [2.75, 3.05) is 0 Å². The molecule has 11 heavy (non-hydrogen) atoms. The largest absolute Gasteiger partial charge is 0.324 e. The molecule has 1 heterocycles. The van der Waals surface area contributed by atoms with E-state index in [0.717, 1.165) is 0 Å². The van der Waals surface area contributed by atoms with Crippen molar-refractivity contribution in [1.82, 2.24) is 0 Å². The molecule has 1 aromatic heterocycles. The predicted molar refractivity (Wildman–Crippen MR) is 48.9 cm³/mol. The zero-order chi connectivity index (χ0) is 7.84. The molecule has 1 nitrogen and oxygen atoms in total. The Balaban J connectivity index is 2.42. The number of rotatable bonds is 1. The first-order chi connectivity index (χ1) is 5.29. The zero-order valence-electron chi connectivity index (χ0n) is 6.76. The van der Waals surface area contributed by atoms with Crippen molar-refractivity contribution < 1.29 is 0 Å². The fourth-order valence-corrected chi connectivity index (χ4v) is 2.99. The van der Waals surface area contributed by atoms with E-state index in [0.29, 0.717) is 0 Å². The van der Waals surface area contributed by atoms with Gasteiger partial charge in [0.05, 0.1) is 0 Å². The first-order valence-electron chi connectivity index (χ1n) is 4.13. The molecule has 2 rings (SSSR count). The highest BCUT2D eigenvalue weighted by Crippen LogP contribution is 2.33. The van der Waals surface area contributed by atoms with Gasteiger partial charge in [0.25, 0.3) is 0 Å². The molecule has 0 saturated heterocycles. The summed E-state index contributed by atoms with van der Waals surface area (Å²) in [5.41, 5.74) is 8.79. The fraction of sp³-hybridized carbons (Fsp3) is 0.556. The molecule has 0 radical (unpaired) electrons. The van der Waals surface area contributed by atoms with Crippen LogP contribution in [-0.4, -0.2) is 0 Å². The molecule has 2 N–H and O–H groups in total. The van der Waals surface area contributed by atoms with Crippen LogP contribution >= 0.6 is 11.3 Å². The Bertz CT molecular complexity index is 263. The summed E-state index contributed by atoms with van der Waals surface area (Å²) in [7, 11) is 0. The number of fused-ring (bicyclic) bond motifs is 1. The maximum absolute atomic E-state index is 5.84. The maximum atomic E-state index is 5.84. The molecule has 2 heteroatoms. The van der Waals surface area contributed by atoms with E-state index in [-0.39, 0.29) is 6.04 Å². The van der Waals surface area contributed by atoms with Gasteiger partial charge < -0.3 is 5.73 Å². The van der Waals surface area contributed by atoms with Gasteiger partial charge in [-0.2, -0.15) is 0 Å². The van der Waals surface area contributed by atoms with Gasteiger partial charge in [0.1, 0.15) is 0 Å². The van der Waals surface area contributed by atoms with Crippen LogP contribution in [0, 0.1) is 0 Å². The third-order valence-corrected chi connectivity index (χ3v) is 3.44. The molecule has 0 aliphatic heterocycles. The predicted octanol–water partition coefficient (Wildman–Crippen LogP) is 2.26. The second kappa shape index (κ2) is 2.61. The van der Waals surface area contributed by atoms with Gasteiger partial charge in [-0.3, -0.25) is 0 Å². The summed E-state index contributed by atoms with van der Waals surface area (Å²) >= 11 is 1.89. The Hall–Kier alpha value is -0.340. The van der Waals surface area contributed by atoms with Gasteiger partial charge in [-0.25, -0.2) is 0 Å². The molecule has 0 aromatic carbocycles. The summed E-state index contributed by atoms with van der Waals surface area (Å²) in [4.78, 5) is 1.58. The van der Waals surface area contributed by atoms with Crippen molar-refractivity contribution in [1.29, 1.82) is 0 Å². The van der Waals surface area contributed by atoms with Gasteiger partial charge >= 0.3 is 0 Å². The Labute approximate surface area is 71.2 Å². The minimum atomic E-state index is 0.230. The summed E-state index contributed by atoms with van der Waals surface area (Å²) in [6, 6.07) is 0.230. The number of hydrogen-bond donors (Lipinski definition) is 1. The van der Waals surface area contributed by atoms with E-state index < -0.39 is 0 Å². The van der Waals surface area contributed by atoms with E-state index in [1.54, 1.807) is 10.4 Å². The first-order valence-corrected chi connectivity index (χ1v) is 5.01. The van der Waals surface area contributed by atoms with E-state index >= 15 is 0 Å². The van der Waals surface area contributed by atoms with Gasteiger partial charge in [0, 0.05) is 10.9 Å². The maximum Gasteiger partial charge on any atom is 0.0277 e. The molecule has 0 amide bonds. The fourth-order valence-electron chi connectivity index (χ4n) is 1.74. The van der Waals surface area contributed by atoms with Gasteiger partial charge in [-0.1, -0.05) is 0 Å². The first kappa shape index (κ1) is 7.32. The normalized spacial score (nSPS) is 18.4. The lowest BCUT2D eigenvalue weighted by Gasteiger charge is -2.03. The van der Waals surface area contributed by atoms with E-state index in [2.05, 4.69) is 12.3 Å². The standard InChI is InChI=1S/C9H13NS/c1-6(10)8-5-11-9-4-2-3-7(8)9/h5-6H,2-4,10H2,1H3.